The number of ether oxygens (including phenoxy) is 2. The lowest BCUT2D eigenvalue weighted by molar-refractivity contribution is -0.0217. The zero-order valence-corrected chi connectivity index (χ0v) is 15.7. The molecule has 0 bridgehead atoms. The van der Waals surface area contributed by atoms with E-state index in [0.717, 1.165) is 11.1 Å². The van der Waals surface area contributed by atoms with Crippen LogP contribution < -0.4 is 16.0 Å². The van der Waals surface area contributed by atoms with E-state index in [-0.39, 0.29) is 0 Å². The van der Waals surface area contributed by atoms with Gasteiger partial charge in [-0.2, -0.15) is 0 Å². The summed E-state index contributed by atoms with van der Waals surface area (Å²) in [5.74, 6) is 1.14. The van der Waals surface area contributed by atoms with E-state index in [4.69, 9.17) is 25.0 Å². The minimum absolute atomic E-state index is 0.336. The molecule has 6 N–H and O–H groups in total. The third-order valence-corrected chi connectivity index (χ3v) is 5.35. The lowest BCUT2D eigenvalue weighted by Crippen LogP contribution is -2.45. The average molecular weight is 413 g/mol. The standard InChI is InChI=1S/C15H20N5O7P/c1-25-12-11(21)9(5-26-28(22,23)24)27-15(12)20-4-7-8(16)2-3-17-13-10(7)14(20)19-6-18-13/h2-3,6,9,11-12,15,21H,4-5,16H2,1H3,(H,17,18,19)(H2,22,23,24)/t9-,11-,12-,15-/m1/s1. The van der Waals surface area contributed by atoms with Crippen molar-refractivity contribution in [2.75, 3.05) is 30.5 Å². The van der Waals surface area contributed by atoms with Crippen LogP contribution in [0.1, 0.15) is 5.56 Å². The molecule has 4 rings (SSSR count). The Kier molecular flexibility index (Phi) is 4.88. The van der Waals surface area contributed by atoms with Crippen LogP contribution in [0.15, 0.2) is 24.3 Å². The summed E-state index contributed by atoms with van der Waals surface area (Å²) >= 11 is 0. The van der Waals surface area contributed by atoms with Crippen LogP contribution >= 0.6 is 7.82 Å². The summed E-state index contributed by atoms with van der Waals surface area (Å²) in [7, 11) is -3.29. The molecule has 0 radical (unpaired) electrons. The molecule has 0 saturated carbocycles. The van der Waals surface area contributed by atoms with Crippen molar-refractivity contribution in [3.05, 3.63) is 29.9 Å². The van der Waals surface area contributed by atoms with Crippen LogP contribution in [-0.4, -0.2) is 69.7 Å². The van der Waals surface area contributed by atoms with Gasteiger partial charge in [-0.05, 0) is 6.08 Å². The number of rotatable bonds is 5. The smallest absolute Gasteiger partial charge is 0.398 e. The van der Waals surface area contributed by atoms with Gasteiger partial charge in [0.1, 0.15) is 36.3 Å². The maximum absolute atomic E-state index is 11.0. The molecule has 1 aromatic rings. The van der Waals surface area contributed by atoms with Crippen LogP contribution in [0.25, 0.3) is 5.57 Å². The van der Waals surface area contributed by atoms with Gasteiger partial charge in [0.05, 0.1) is 12.2 Å². The first-order chi connectivity index (χ1) is 13.3. The number of aromatic nitrogens is 2. The zero-order valence-electron chi connectivity index (χ0n) is 14.8. The van der Waals surface area contributed by atoms with E-state index in [1.165, 1.54) is 13.4 Å². The SMILES string of the molecule is CO[C@@H]1[C@H](O)[C@@H](COP(=O)(O)O)O[C@H]1N1CC2=C(N)C=CNc3ncnc1c32. The number of anilines is 2. The summed E-state index contributed by atoms with van der Waals surface area (Å²) in [4.78, 5) is 28.2. The summed E-state index contributed by atoms with van der Waals surface area (Å²) in [6.45, 7) is -0.158. The van der Waals surface area contributed by atoms with Gasteiger partial charge >= 0.3 is 7.82 Å². The predicted octanol–water partition coefficient (Wildman–Crippen LogP) is -0.884. The van der Waals surface area contributed by atoms with Crippen molar-refractivity contribution in [3.63, 3.8) is 0 Å². The first kappa shape index (κ1) is 19.3. The minimum Gasteiger partial charge on any atom is -0.398 e. The fourth-order valence-electron chi connectivity index (χ4n) is 3.60. The van der Waals surface area contributed by atoms with Crippen molar-refractivity contribution in [1.82, 2.24) is 9.97 Å². The van der Waals surface area contributed by atoms with Crippen LogP contribution in [0.4, 0.5) is 11.6 Å². The van der Waals surface area contributed by atoms with Gasteiger partial charge in [-0.1, -0.05) is 0 Å². The van der Waals surface area contributed by atoms with Gasteiger partial charge in [-0.3, -0.25) is 4.52 Å². The molecule has 0 unspecified atom stereocenters. The fourth-order valence-corrected chi connectivity index (χ4v) is 3.94. The van der Waals surface area contributed by atoms with E-state index >= 15 is 0 Å². The molecular formula is C15H20N5O7P. The van der Waals surface area contributed by atoms with Gasteiger partial charge in [0, 0.05) is 31.1 Å². The molecule has 1 aromatic heterocycles. The average Bonchev–Trinajstić information content (AvgIpc) is 3.12. The molecule has 152 valence electrons. The molecule has 28 heavy (non-hydrogen) atoms. The minimum atomic E-state index is -4.70. The highest BCUT2D eigenvalue weighted by molar-refractivity contribution is 7.46. The van der Waals surface area contributed by atoms with Crippen molar-refractivity contribution in [2.24, 2.45) is 5.73 Å². The Morgan fingerprint density at radius 2 is 2.25 bits per heavy atom. The molecule has 3 aliphatic rings. The van der Waals surface area contributed by atoms with E-state index in [2.05, 4.69) is 19.8 Å². The maximum atomic E-state index is 11.0. The highest BCUT2D eigenvalue weighted by Gasteiger charge is 2.50. The van der Waals surface area contributed by atoms with Crippen molar-refractivity contribution in [2.45, 2.75) is 24.5 Å². The normalized spacial score (nSPS) is 29.1. The second kappa shape index (κ2) is 7.08. The van der Waals surface area contributed by atoms with Gasteiger partial charge < -0.3 is 40.3 Å². The zero-order chi connectivity index (χ0) is 20.1. The van der Waals surface area contributed by atoms with Crippen LogP contribution in [0.3, 0.4) is 0 Å². The molecule has 12 nitrogen and oxygen atoms in total. The maximum Gasteiger partial charge on any atom is 0.469 e. The monoisotopic (exact) mass is 413 g/mol. The van der Waals surface area contributed by atoms with Crippen LogP contribution in [0.2, 0.25) is 0 Å². The summed E-state index contributed by atoms with van der Waals surface area (Å²) < 4.78 is 26.7. The Balaban J connectivity index is 1.65. The van der Waals surface area contributed by atoms with Crippen molar-refractivity contribution >= 4 is 25.0 Å². The first-order valence-electron chi connectivity index (χ1n) is 8.40. The van der Waals surface area contributed by atoms with E-state index in [9.17, 15) is 9.67 Å². The molecule has 0 spiro atoms. The van der Waals surface area contributed by atoms with Crippen LogP contribution in [-0.2, 0) is 18.6 Å². The Morgan fingerprint density at radius 3 is 2.96 bits per heavy atom. The van der Waals surface area contributed by atoms with E-state index in [1.54, 1.807) is 17.2 Å². The Morgan fingerprint density at radius 1 is 1.46 bits per heavy atom. The second-order valence-electron chi connectivity index (χ2n) is 6.50. The summed E-state index contributed by atoms with van der Waals surface area (Å²) in [5.41, 5.74) is 8.23. The van der Waals surface area contributed by atoms with Gasteiger partial charge in [0.15, 0.2) is 6.23 Å². The van der Waals surface area contributed by atoms with Gasteiger partial charge in [-0.25, -0.2) is 14.5 Å². The van der Waals surface area contributed by atoms with E-state index in [1.807, 2.05) is 0 Å². The van der Waals surface area contributed by atoms with Gasteiger partial charge in [0.25, 0.3) is 0 Å². The number of methoxy groups -OCH3 is 1. The van der Waals surface area contributed by atoms with Crippen LogP contribution in [0, 0.1) is 0 Å². The Bertz CT molecular complexity index is 888. The molecule has 0 aromatic carbocycles. The molecule has 0 aliphatic carbocycles. The number of hydrogen-bond acceptors (Lipinski definition) is 10. The van der Waals surface area contributed by atoms with Gasteiger partial charge in [0.2, 0.25) is 0 Å². The second-order valence-corrected chi connectivity index (χ2v) is 7.74. The first-order valence-corrected chi connectivity index (χ1v) is 9.93. The van der Waals surface area contributed by atoms with Crippen molar-refractivity contribution in [3.8, 4) is 0 Å². The molecule has 4 heterocycles. The van der Waals surface area contributed by atoms with Gasteiger partial charge in [-0.15, -0.1) is 0 Å². The molecule has 4 atom stereocenters. The molecular weight excluding hydrogens is 393 g/mol. The number of phosphoric acid groups is 1. The number of phosphoric ester groups is 1. The van der Waals surface area contributed by atoms with E-state index in [0.29, 0.717) is 23.9 Å². The predicted molar refractivity (Wildman–Crippen MR) is 96.7 cm³/mol. The topological polar surface area (TPSA) is 173 Å². The number of hydrogen-bond donors (Lipinski definition) is 5. The highest BCUT2D eigenvalue weighted by Crippen LogP contribution is 2.44. The largest absolute Gasteiger partial charge is 0.469 e. The molecule has 1 fully saturated rings. The number of allylic oxidation sites excluding steroid dienone is 1. The molecule has 0 amide bonds. The highest BCUT2D eigenvalue weighted by atomic mass is 31.2. The van der Waals surface area contributed by atoms with Crippen LogP contribution in [0.5, 0.6) is 0 Å². The fraction of sp³-hybridized carbons (Fsp3) is 0.467. The quantitative estimate of drug-likeness (QED) is 0.378. The number of nitrogens with one attached hydrogen (secondary N) is 1. The summed E-state index contributed by atoms with van der Waals surface area (Å²) in [6, 6.07) is 0. The third-order valence-electron chi connectivity index (χ3n) is 4.86. The van der Waals surface area contributed by atoms with E-state index < -0.39 is 39.0 Å². The summed E-state index contributed by atoms with van der Waals surface area (Å²) in [6.07, 6.45) is 1.07. The number of aliphatic hydroxyl groups is 1. The Hall–Kier alpha value is -2.05. The third kappa shape index (κ3) is 3.29. The van der Waals surface area contributed by atoms with Crippen molar-refractivity contribution < 1.29 is 33.5 Å². The molecule has 13 heteroatoms. The number of aliphatic hydroxyl groups excluding tert-OH is 1. The molecule has 1 saturated heterocycles. The lowest BCUT2D eigenvalue weighted by Gasteiger charge is -2.29. The summed E-state index contributed by atoms with van der Waals surface area (Å²) in [5, 5.41) is 13.6. The Labute approximate surface area is 159 Å². The number of nitrogens with two attached hydrogens (primary N) is 1. The lowest BCUT2D eigenvalue weighted by atomic mass is 10.1. The number of nitrogens with zero attached hydrogens (tertiary/aromatic N) is 3. The van der Waals surface area contributed by atoms with Crippen molar-refractivity contribution in [1.29, 1.82) is 0 Å². The molecule has 3 aliphatic heterocycles.